The fraction of sp³-hybridized carbons (Fsp3) is 0.429. The zero-order valence-electron chi connectivity index (χ0n) is 10.9. The summed E-state index contributed by atoms with van der Waals surface area (Å²) in [7, 11) is 0. The summed E-state index contributed by atoms with van der Waals surface area (Å²) in [6.45, 7) is 1.59. The van der Waals surface area contributed by atoms with Crippen molar-refractivity contribution in [3.63, 3.8) is 0 Å². The lowest BCUT2D eigenvalue weighted by atomic mass is 10.2. The van der Waals surface area contributed by atoms with Crippen molar-refractivity contribution < 1.29 is 4.79 Å². The van der Waals surface area contributed by atoms with Gasteiger partial charge < -0.3 is 16.0 Å². The lowest BCUT2D eigenvalue weighted by molar-refractivity contribution is 0.214. The third-order valence-electron chi connectivity index (χ3n) is 3.32. The second-order valence-electron chi connectivity index (χ2n) is 4.75. The van der Waals surface area contributed by atoms with Crippen LogP contribution < -0.4 is 11.1 Å². The number of likely N-dealkylation sites (tertiary alicyclic amines) is 1. The summed E-state index contributed by atoms with van der Waals surface area (Å²) in [5.41, 5.74) is 7.29. The summed E-state index contributed by atoms with van der Waals surface area (Å²) < 4.78 is 0. The Hall–Kier alpha value is -2.22. The number of nitrogens with zero attached hydrogens (tertiary/aromatic N) is 2. The van der Waals surface area contributed by atoms with E-state index in [4.69, 9.17) is 11.0 Å². The highest BCUT2D eigenvalue weighted by molar-refractivity contribution is 5.92. The van der Waals surface area contributed by atoms with E-state index < -0.39 is 0 Å². The molecule has 1 saturated heterocycles. The largest absolute Gasteiger partial charge is 0.397 e. The Bertz CT molecular complexity index is 499. The second kappa shape index (κ2) is 6.10. The Balaban J connectivity index is 2.04. The molecule has 1 aromatic rings. The third kappa shape index (κ3) is 3.38. The van der Waals surface area contributed by atoms with Gasteiger partial charge in [-0.15, -0.1) is 0 Å². The van der Waals surface area contributed by atoms with E-state index in [1.54, 1.807) is 18.2 Å². The summed E-state index contributed by atoms with van der Waals surface area (Å²) >= 11 is 0. The number of nitrogens with two attached hydrogens (primary N) is 1. The number of anilines is 2. The first-order valence-electron chi connectivity index (χ1n) is 6.56. The molecule has 2 rings (SSSR count). The van der Waals surface area contributed by atoms with Crippen LogP contribution in [0.3, 0.4) is 0 Å². The quantitative estimate of drug-likeness (QED) is 0.759. The monoisotopic (exact) mass is 258 g/mol. The van der Waals surface area contributed by atoms with Crippen molar-refractivity contribution in [3.05, 3.63) is 23.8 Å². The topological polar surface area (TPSA) is 82.2 Å². The fourth-order valence-electron chi connectivity index (χ4n) is 2.21. The van der Waals surface area contributed by atoms with Crippen LogP contribution in [0.15, 0.2) is 18.2 Å². The van der Waals surface area contributed by atoms with Crippen molar-refractivity contribution in [3.8, 4) is 6.07 Å². The number of benzene rings is 1. The summed E-state index contributed by atoms with van der Waals surface area (Å²) in [5, 5.41) is 11.6. The molecular weight excluding hydrogens is 240 g/mol. The lowest BCUT2D eigenvalue weighted by Crippen LogP contribution is -2.35. The molecule has 3 N–H and O–H groups in total. The number of nitriles is 1. The van der Waals surface area contributed by atoms with E-state index in [0.717, 1.165) is 25.9 Å². The van der Waals surface area contributed by atoms with Gasteiger partial charge in [0.1, 0.15) is 0 Å². The minimum atomic E-state index is -0.113. The molecule has 5 heteroatoms. The Morgan fingerprint density at radius 2 is 1.95 bits per heavy atom. The third-order valence-corrected chi connectivity index (χ3v) is 3.32. The van der Waals surface area contributed by atoms with Crippen molar-refractivity contribution in [2.24, 2.45) is 0 Å². The smallest absolute Gasteiger partial charge is 0.321 e. The Morgan fingerprint density at radius 3 is 2.53 bits per heavy atom. The molecule has 2 amide bonds. The number of hydrogen-bond acceptors (Lipinski definition) is 3. The van der Waals surface area contributed by atoms with E-state index in [2.05, 4.69) is 5.32 Å². The van der Waals surface area contributed by atoms with E-state index in [9.17, 15) is 4.79 Å². The van der Waals surface area contributed by atoms with Gasteiger partial charge in [-0.05, 0) is 31.0 Å². The molecule has 5 nitrogen and oxygen atoms in total. The number of amides is 2. The van der Waals surface area contributed by atoms with Crippen LogP contribution >= 0.6 is 0 Å². The van der Waals surface area contributed by atoms with Gasteiger partial charge in [-0.25, -0.2) is 4.79 Å². The first-order chi connectivity index (χ1) is 9.20. The average Bonchev–Trinajstić information content (AvgIpc) is 2.70. The van der Waals surface area contributed by atoms with Gasteiger partial charge in [-0.2, -0.15) is 5.26 Å². The number of carbonyl (C=O) groups is 1. The van der Waals surface area contributed by atoms with Crippen LogP contribution in [0, 0.1) is 11.3 Å². The van der Waals surface area contributed by atoms with Crippen molar-refractivity contribution in [2.45, 2.75) is 25.7 Å². The maximum absolute atomic E-state index is 12.1. The predicted molar refractivity (Wildman–Crippen MR) is 74.6 cm³/mol. The van der Waals surface area contributed by atoms with Gasteiger partial charge in [0.15, 0.2) is 0 Å². The number of nitrogen functional groups attached to an aromatic ring is 1. The first kappa shape index (κ1) is 13.2. The van der Waals surface area contributed by atoms with E-state index in [0.29, 0.717) is 16.9 Å². The molecule has 0 bridgehead atoms. The Labute approximate surface area is 113 Å². The highest BCUT2D eigenvalue weighted by atomic mass is 16.2. The van der Waals surface area contributed by atoms with Gasteiger partial charge in [-0.3, -0.25) is 0 Å². The van der Waals surface area contributed by atoms with E-state index in [-0.39, 0.29) is 6.03 Å². The number of hydrogen-bond donors (Lipinski definition) is 2. The standard InChI is InChI=1S/C14H18N4O/c15-10-11-5-6-13(12(16)9-11)17-14(19)18-7-3-1-2-4-8-18/h5-6,9H,1-4,7-8,16H2,(H,17,19). The van der Waals surface area contributed by atoms with Crippen LogP contribution in [0.2, 0.25) is 0 Å². The molecule has 0 aromatic heterocycles. The summed E-state index contributed by atoms with van der Waals surface area (Å²) in [5.74, 6) is 0. The first-order valence-corrected chi connectivity index (χ1v) is 6.56. The molecule has 100 valence electrons. The van der Waals surface area contributed by atoms with Crippen molar-refractivity contribution in [1.82, 2.24) is 4.90 Å². The summed E-state index contributed by atoms with van der Waals surface area (Å²) in [6, 6.07) is 6.79. The molecular formula is C14H18N4O. The molecule has 19 heavy (non-hydrogen) atoms. The van der Waals surface area contributed by atoms with E-state index >= 15 is 0 Å². The van der Waals surface area contributed by atoms with E-state index in [1.165, 1.54) is 12.8 Å². The summed E-state index contributed by atoms with van der Waals surface area (Å²) in [6.07, 6.45) is 4.47. The predicted octanol–water partition coefficient (Wildman–Crippen LogP) is 2.55. The fourth-order valence-corrected chi connectivity index (χ4v) is 2.21. The van der Waals surface area contributed by atoms with Crippen LogP contribution in [0.4, 0.5) is 16.2 Å². The van der Waals surface area contributed by atoms with Gasteiger partial charge in [0.25, 0.3) is 0 Å². The maximum Gasteiger partial charge on any atom is 0.321 e. The molecule has 1 aromatic carbocycles. The van der Waals surface area contributed by atoms with Crippen LogP contribution in [-0.4, -0.2) is 24.0 Å². The van der Waals surface area contributed by atoms with Gasteiger partial charge in [-0.1, -0.05) is 12.8 Å². The molecule has 0 atom stereocenters. The number of nitrogens with one attached hydrogen (secondary N) is 1. The molecule has 0 saturated carbocycles. The second-order valence-corrected chi connectivity index (χ2v) is 4.75. The van der Waals surface area contributed by atoms with Crippen molar-refractivity contribution >= 4 is 17.4 Å². The van der Waals surface area contributed by atoms with Gasteiger partial charge in [0.2, 0.25) is 0 Å². The molecule has 1 aliphatic rings. The highest BCUT2D eigenvalue weighted by Gasteiger charge is 2.16. The average molecular weight is 258 g/mol. The molecule has 1 fully saturated rings. The normalized spacial score (nSPS) is 15.4. The maximum atomic E-state index is 12.1. The van der Waals surface area contributed by atoms with Crippen molar-refractivity contribution in [2.75, 3.05) is 24.1 Å². The zero-order valence-corrected chi connectivity index (χ0v) is 10.9. The number of carbonyl (C=O) groups excluding carboxylic acids is 1. The van der Waals surface area contributed by atoms with Gasteiger partial charge in [0.05, 0.1) is 23.0 Å². The van der Waals surface area contributed by atoms with E-state index in [1.807, 2.05) is 11.0 Å². The minimum absolute atomic E-state index is 0.113. The molecule has 0 spiro atoms. The SMILES string of the molecule is N#Cc1ccc(NC(=O)N2CCCCCC2)c(N)c1. The van der Waals surface area contributed by atoms with Crippen LogP contribution in [0.25, 0.3) is 0 Å². The number of urea groups is 1. The summed E-state index contributed by atoms with van der Waals surface area (Å²) in [4.78, 5) is 13.9. The van der Waals surface area contributed by atoms with Crippen LogP contribution in [0.1, 0.15) is 31.2 Å². The molecule has 1 heterocycles. The zero-order chi connectivity index (χ0) is 13.7. The molecule has 0 aliphatic carbocycles. The molecule has 0 radical (unpaired) electrons. The number of rotatable bonds is 1. The van der Waals surface area contributed by atoms with Gasteiger partial charge >= 0.3 is 6.03 Å². The minimum Gasteiger partial charge on any atom is -0.397 e. The van der Waals surface area contributed by atoms with Crippen LogP contribution in [-0.2, 0) is 0 Å². The Kier molecular flexibility index (Phi) is 4.24. The van der Waals surface area contributed by atoms with Crippen LogP contribution in [0.5, 0.6) is 0 Å². The Morgan fingerprint density at radius 1 is 1.26 bits per heavy atom. The van der Waals surface area contributed by atoms with Crippen molar-refractivity contribution in [1.29, 1.82) is 5.26 Å². The van der Waals surface area contributed by atoms with Gasteiger partial charge in [0, 0.05) is 13.1 Å². The molecule has 0 unspecified atom stereocenters. The lowest BCUT2D eigenvalue weighted by Gasteiger charge is -2.21. The highest BCUT2D eigenvalue weighted by Crippen LogP contribution is 2.20. The molecule has 1 aliphatic heterocycles.